The lowest BCUT2D eigenvalue weighted by atomic mass is 10.1. The van der Waals surface area contributed by atoms with Crippen LogP contribution in [0.4, 0.5) is 5.69 Å². The summed E-state index contributed by atoms with van der Waals surface area (Å²) in [5.41, 5.74) is 0.573. The summed E-state index contributed by atoms with van der Waals surface area (Å²) in [5, 5.41) is 2.80. The minimum Gasteiger partial charge on any atom is -0.351 e. The lowest BCUT2D eigenvalue weighted by Crippen LogP contribution is -2.28. The Kier molecular flexibility index (Phi) is 6.14. The second-order valence-corrected chi connectivity index (χ2v) is 8.09. The Labute approximate surface area is 148 Å². The zero-order valence-electron chi connectivity index (χ0n) is 14.6. The third-order valence-electron chi connectivity index (χ3n) is 3.75. The van der Waals surface area contributed by atoms with Gasteiger partial charge in [-0.25, -0.2) is 8.42 Å². The van der Waals surface area contributed by atoms with E-state index < -0.39 is 10.0 Å². The molecule has 1 amide bonds. The molecule has 1 aromatic carbocycles. The van der Waals surface area contributed by atoms with Gasteiger partial charge in [-0.05, 0) is 36.6 Å². The number of benzene rings is 1. The molecule has 7 heteroatoms. The zero-order chi connectivity index (χ0) is 18.4. The van der Waals surface area contributed by atoms with Crippen LogP contribution in [0.1, 0.15) is 30.8 Å². The van der Waals surface area contributed by atoms with Crippen molar-refractivity contribution in [1.82, 2.24) is 10.3 Å². The Bertz CT molecular complexity index is 820. The Morgan fingerprint density at radius 3 is 2.52 bits per heavy atom. The molecule has 0 radical (unpaired) electrons. The number of nitrogens with one attached hydrogen (secondary N) is 1. The maximum Gasteiger partial charge on any atom is 0.269 e. The molecule has 0 aliphatic heterocycles. The van der Waals surface area contributed by atoms with E-state index in [1.54, 1.807) is 24.3 Å². The van der Waals surface area contributed by atoms with Gasteiger partial charge in [0.15, 0.2) is 0 Å². The van der Waals surface area contributed by atoms with E-state index in [9.17, 15) is 13.2 Å². The van der Waals surface area contributed by atoms with Gasteiger partial charge in [-0.2, -0.15) is 0 Å². The maximum atomic E-state index is 12.7. The predicted molar refractivity (Wildman–Crippen MR) is 98.1 cm³/mol. The van der Waals surface area contributed by atoms with Crippen LogP contribution < -0.4 is 9.62 Å². The van der Waals surface area contributed by atoms with Crippen molar-refractivity contribution in [2.45, 2.75) is 25.2 Å². The summed E-state index contributed by atoms with van der Waals surface area (Å²) in [6, 6.07) is 11.2. The molecule has 0 fully saturated rings. The molecule has 0 saturated carbocycles. The Balaban J connectivity index is 2.19. The van der Waals surface area contributed by atoms with Crippen LogP contribution in [-0.2, 0) is 10.0 Å². The third-order valence-corrected chi connectivity index (χ3v) is 5.55. The van der Waals surface area contributed by atoms with Crippen molar-refractivity contribution in [1.29, 1.82) is 0 Å². The van der Waals surface area contributed by atoms with Gasteiger partial charge in [-0.15, -0.1) is 0 Å². The van der Waals surface area contributed by atoms with Gasteiger partial charge in [0.2, 0.25) is 0 Å². The molecule has 0 saturated heterocycles. The zero-order valence-corrected chi connectivity index (χ0v) is 15.5. The number of carbonyl (C=O) groups is 1. The van der Waals surface area contributed by atoms with E-state index in [0.29, 0.717) is 18.2 Å². The van der Waals surface area contributed by atoms with Crippen molar-refractivity contribution < 1.29 is 13.2 Å². The van der Waals surface area contributed by atoms with Crippen molar-refractivity contribution in [3.05, 3.63) is 54.4 Å². The number of nitrogens with zero attached hydrogens (tertiary/aromatic N) is 2. The van der Waals surface area contributed by atoms with Crippen molar-refractivity contribution in [2.24, 2.45) is 5.92 Å². The summed E-state index contributed by atoms with van der Waals surface area (Å²) < 4.78 is 26.5. The number of hydrogen-bond donors (Lipinski definition) is 1. The average molecular weight is 361 g/mol. The van der Waals surface area contributed by atoms with E-state index >= 15 is 0 Å². The Morgan fingerprint density at radius 2 is 1.88 bits per heavy atom. The monoisotopic (exact) mass is 361 g/mol. The molecule has 0 bridgehead atoms. The van der Waals surface area contributed by atoms with E-state index in [0.717, 1.165) is 10.7 Å². The second kappa shape index (κ2) is 8.11. The van der Waals surface area contributed by atoms with Gasteiger partial charge >= 0.3 is 0 Å². The van der Waals surface area contributed by atoms with Gasteiger partial charge < -0.3 is 5.32 Å². The molecule has 6 nitrogen and oxygen atoms in total. The van der Waals surface area contributed by atoms with Crippen LogP contribution in [0, 0.1) is 5.92 Å². The first-order valence-corrected chi connectivity index (χ1v) is 9.54. The third kappa shape index (κ3) is 4.79. The minimum absolute atomic E-state index is 0.191. The first-order valence-electron chi connectivity index (χ1n) is 8.10. The molecular formula is C18H23N3O3S. The van der Waals surface area contributed by atoms with E-state index in [-0.39, 0.29) is 16.5 Å². The molecule has 1 aromatic heterocycles. The number of amides is 1. The number of pyridine rings is 1. The van der Waals surface area contributed by atoms with E-state index in [2.05, 4.69) is 24.1 Å². The van der Waals surface area contributed by atoms with Crippen molar-refractivity contribution in [3.8, 4) is 0 Å². The fourth-order valence-electron chi connectivity index (χ4n) is 2.19. The van der Waals surface area contributed by atoms with Gasteiger partial charge in [0, 0.05) is 19.8 Å². The number of hydrogen-bond acceptors (Lipinski definition) is 4. The summed E-state index contributed by atoms with van der Waals surface area (Å²) in [7, 11) is -2.23. The van der Waals surface area contributed by atoms with Crippen LogP contribution in [0.2, 0.25) is 0 Å². The predicted octanol–water partition coefficient (Wildman–Crippen LogP) is 2.68. The molecule has 25 heavy (non-hydrogen) atoms. The fraction of sp³-hybridized carbons (Fsp3) is 0.333. The lowest BCUT2D eigenvalue weighted by molar-refractivity contribution is 0.0947. The highest BCUT2D eigenvalue weighted by atomic mass is 32.2. The molecule has 2 rings (SSSR count). The first kappa shape index (κ1) is 18.9. The minimum atomic E-state index is -3.69. The molecule has 1 N–H and O–H groups in total. The van der Waals surface area contributed by atoms with Gasteiger partial charge in [0.1, 0.15) is 5.69 Å². The molecular weight excluding hydrogens is 338 g/mol. The molecule has 1 heterocycles. The summed E-state index contributed by atoms with van der Waals surface area (Å²) >= 11 is 0. The van der Waals surface area contributed by atoms with E-state index in [1.165, 1.54) is 31.4 Å². The highest BCUT2D eigenvalue weighted by Crippen LogP contribution is 2.21. The number of aromatic nitrogens is 1. The quantitative estimate of drug-likeness (QED) is 0.822. The molecule has 0 aliphatic carbocycles. The molecule has 2 aromatic rings. The average Bonchev–Trinajstić information content (AvgIpc) is 2.61. The van der Waals surface area contributed by atoms with Gasteiger partial charge in [-0.3, -0.25) is 14.1 Å². The molecule has 0 aliphatic rings. The van der Waals surface area contributed by atoms with Crippen LogP contribution in [0.5, 0.6) is 0 Å². The van der Waals surface area contributed by atoms with Gasteiger partial charge in [-0.1, -0.05) is 32.0 Å². The normalized spacial score (nSPS) is 11.4. The highest BCUT2D eigenvalue weighted by molar-refractivity contribution is 7.92. The van der Waals surface area contributed by atoms with E-state index in [4.69, 9.17) is 0 Å². The number of sulfonamides is 1. The standard InChI is InChI=1S/C18H23N3O3S/c1-14(2)9-11-20-18(22)17-13-15(10-12-19-17)21(3)25(23,24)16-7-5-4-6-8-16/h4-8,10,12-14H,9,11H2,1-3H3,(H,20,22). The number of carbonyl (C=O) groups excluding carboxylic acids is 1. The molecule has 0 unspecified atom stereocenters. The largest absolute Gasteiger partial charge is 0.351 e. The Hall–Kier alpha value is -2.41. The van der Waals surface area contributed by atoms with Crippen LogP contribution in [-0.4, -0.2) is 32.9 Å². The molecule has 0 spiro atoms. The highest BCUT2D eigenvalue weighted by Gasteiger charge is 2.22. The smallest absolute Gasteiger partial charge is 0.269 e. The van der Waals surface area contributed by atoms with Crippen LogP contribution in [0.3, 0.4) is 0 Å². The van der Waals surface area contributed by atoms with E-state index in [1.807, 2.05) is 0 Å². The van der Waals surface area contributed by atoms with Gasteiger partial charge in [0.25, 0.3) is 15.9 Å². The summed E-state index contributed by atoms with van der Waals surface area (Å²) in [4.78, 5) is 16.4. The lowest BCUT2D eigenvalue weighted by Gasteiger charge is -2.19. The van der Waals surface area contributed by atoms with Crippen molar-refractivity contribution >= 4 is 21.6 Å². The summed E-state index contributed by atoms with van der Waals surface area (Å²) in [6.45, 7) is 4.71. The fourth-order valence-corrected chi connectivity index (χ4v) is 3.40. The summed E-state index contributed by atoms with van der Waals surface area (Å²) in [6.07, 6.45) is 2.30. The maximum absolute atomic E-state index is 12.7. The SMILES string of the molecule is CC(C)CCNC(=O)c1cc(N(C)S(=O)(=O)c2ccccc2)ccn1. The summed E-state index contributed by atoms with van der Waals surface area (Å²) in [5.74, 6) is 0.176. The Morgan fingerprint density at radius 1 is 1.20 bits per heavy atom. The molecule has 0 atom stereocenters. The second-order valence-electron chi connectivity index (χ2n) is 6.12. The molecule has 134 valence electrons. The number of rotatable bonds is 7. The van der Waals surface area contributed by atoms with Crippen molar-refractivity contribution in [3.63, 3.8) is 0 Å². The number of anilines is 1. The topological polar surface area (TPSA) is 79.4 Å². The van der Waals surface area contributed by atoms with Crippen LogP contribution >= 0.6 is 0 Å². The van der Waals surface area contributed by atoms with Gasteiger partial charge in [0.05, 0.1) is 10.6 Å². The first-order chi connectivity index (χ1) is 11.8. The van der Waals surface area contributed by atoms with Crippen LogP contribution in [0.15, 0.2) is 53.6 Å². The van der Waals surface area contributed by atoms with Crippen LogP contribution in [0.25, 0.3) is 0 Å². The van der Waals surface area contributed by atoms with Crippen molar-refractivity contribution in [2.75, 3.05) is 17.9 Å².